The molecule has 1 N–H and O–H groups in total. The number of nitrogens with one attached hydrogen (secondary N) is 1. The van der Waals surface area contributed by atoms with Gasteiger partial charge in [-0.25, -0.2) is 4.79 Å². The van der Waals surface area contributed by atoms with E-state index in [4.69, 9.17) is 9.47 Å². The second kappa shape index (κ2) is 7.86. The third kappa shape index (κ3) is 3.95. The molecule has 0 saturated heterocycles. The largest absolute Gasteiger partial charge is 0.452 e. The standard InChI is InChI=1S/C23H31NO4/c1-15(23-10-17-7-18(11-23)9-19(8-17)12-23)24-21(25)14-28-22(26)20-5-3-16(4-6-20)13-27-2/h3-6,15,17-19H,7-14H2,1-2H3,(H,24,25)/t15-,17?,18?,19?,23?/m0/s1. The predicted molar refractivity (Wildman–Crippen MR) is 106 cm³/mol. The van der Waals surface area contributed by atoms with E-state index in [1.807, 2.05) is 12.1 Å². The van der Waals surface area contributed by atoms with Crippen molar-refractivity contribution in [1.29, 1.82) is 0 Å². The summed E-state index contributed by atoms with van der Waals surface area (Å²) in [5.74, 6) is 1.88. The average Bonchev–Trinajstić information content (AvgIpc) is 2.66. The Morgan fingerprint density at radius 2 is 1.64 bits per heavy atom. The second-order valence-corrected chi connectivity index (χ2v) is 9.28. The smallest absolute Gasteiger partial charge is 0.338 e. The van der Waals surface area contributed by atoms with Crippen molar-refractivity contribution in [2.75, 3.05) is 13.7 Å². The molecule has 152 valence electrons. The quantitative estimate of drug-likeness (QED) is 0.727. The molecular formula is C23H31NO4. The Morgan fingerprint density at radius 3 is 2.18 bits per heavy atom. The minimum atomic E-state index is -0.471. The lowest BCUT2D eigenvalue weighted by molar-refractivity contribution is -0.128. The molecule has 4 aliphatic carbocycles. The van der Waals surface area contributed by atoms with Crippen LogP contribution >= 0.6 is 0 Å². The van der Waals surface area contributed by atoms with Gasteiger partial charge in [0.05, 0.1) is 12.2 Å². The highest BCUT2D eigenvalue weighted by atomic mass is 16.5. The van der Waals surface area contributed by atoms with Crippen LogP contribution in [0.15, 0.2) is 24.3 Å². The van der Waals surface area contributed by atoms with Gasteiger partial charge < -0.3 is 14.8 Å². The van der Waals surface area contributed by atoms with Crippen LogP contribution in [0.2, 0.25) is 0 Å². The molecule has 1 aromatic carbocycles. The van der Waals surface area contributed by atoms with Gasteiger partial charge in [-0.05, 0) is 86.3 Å². The Bertz CT molecular complexity index is 691. The maximum Gasteiger partial charge on any atom is 0.338 e. The Balaban J connectivity index is 1.28. The zero-order chi connectivity index (χ0) is 19.7. The van der Waals surface area contributed by atoms with Crippen LogP contribution in [0.25, 0.3) is 0 Å². The van der Waals surface area contributed by atoms with Crippen LogP contribution in [0.5, 0.6) is 0 Å². The molecule has 5 nitrogen and oxygen atoms in total. The average molecular weight is 386 g/mol. The molecule has 0 radical (unpaired) electrons. The molecule has 0 unspecified atom stereocenters. The van der Waals surface area contributed by atoms with Gasteiger partial charge in [-0.2, -0.15) is 0 Å². The van der Waals surface area contributed by atoms with Crippen molar-refractivity contribution in [3.8, 4) is 0 Å². The van der Waals surface area contributed by atoms with E-state index in [1.165, 1.54) is 38.5 Å². The number of amides is 1. The summed E-state index contributed by atoms with van der Waals surface area (Å²) < 4.78 is 10.3. The Morgan fingerprint density at radius 1 is 1.07 bits per heavy atom. The first-order valence-corrected chi connectivity index (χ1v) is 10.5. The zero-order valence-corrected chi connectivity index (χ0v) is 16.9. The minimum absolute atomic E-state index is 0.139. The molecule has 1 atom stereocenters. The normalized spacial score (nSPS) is 31.4. The van der Waals surface area contributed by atoms with Crippen LogP contribution in [0.3, 0.4) is 0 Å². The van der Waals surface area contributed by atoms with Crippen LogP contribution in [-0.4, -0.2) is 31.6 Å². The fourth-order valence-corrected chi connectivity index (χ4v) is 6.26. The van der Waals surface area contributed by atoms with Gasteiger partial charge in [0.25, 0.3) is 5.91 Å². The van der Waals surface area contributed by atoms with Crippen LogP contribution in [0.4, 0.5) is 0 Å². The minimum Gasteiger partial charge on any atom is -0.452 e. The summed E-state index contributed by atoms with van der Waals surface area (Å²) >= 11 is 0. The Labute approximate surface area is 167 Å². The summed E-state index contributed by atoms with van der Waals surface area (Å²) in [4.78, 5) is 24.6. The van der Waals surface area contributed by atoms with Crippen molar-refractivity contribution in [3.05, 3.63) is 35.4 Å². The number of methoxy groups -OCH3 is 1. The monoisotopic (exact) mass is 385 g/mol. The number of rotatable bonds is 7. The molecule has 0 aromatic heterocycles. The lowest BCUT2D eigenvalue weighted by atomic mass is 9.48. The molecule has 4 saturated carbocycles. The Hall–Kier alpha value is -1.88. The summed E-state index contributed by atoms with van der Waals surface area (Å²) in [5.41, 5.74) is 1.69. The van der Waals surface area contributed by atoms with E-state index in [9.17, 15) is 9.59 Å². The number of benzene rings is 1. The molecule has 5 rings (SSSR count). The molecule has 1 amide bonds. The highest BCUT2D eigenvalue weighted by Crippen LogP contribution is 2.61. The van der Waals surface area contributed by atoms with Gasteiger partial charge in [-0.3, -0.25) is 4.79 Å². The van der Waals surface area contributed by atoms with Crippen molar-refractivity contribution >= 4 is 11.9 Å². The van der Waals surface area contributed by atoms with Crippen molar-refractivity contribution in [1.82, 2.24) is 5.32 Å². The molecule has 4 aliphatic rings. The maximum atomic E-state index is 12.4. The third-order valence-corrected chi connectivity index (χ3v) is 7.22. The zero-order valence-electron chi connectivity index (χ0n) is 16.9. The van der Waals surface area contributed by atoms with Gasteiger partial charge in [-0.15, -0.1) is 0 Å². The van der Waals surface area contributed by atoms with Gasteiger partial charge in [0.1, 0.15) is 0 Å². The van der Waals surface area contributed by atoms with E-state index < -0.39 is 5.97 Å². The maximum absolute atomic E-state index is 12.4. The van der Waals surface area contributed by atoms with Gasteiger partial charge in [-0.1, -0.05) is 12.1 Å². The fraction of sp³-hybridized carbons (Fsp3) is 0.652. The van der Waals surface area contributed by atoms with E-state index in [0.717, 1.165) is 23.3 Å². The number of carbonyl (C=O) groups is 2. The summed E-state index contributed by atoms with van der Waals surface area (Å²) in [6.45, 7) is 2.41. The molecular weight excluding hydrogens is 354 g/mol. The summed E-state index contributed by atoms with van der Waals surface area (Å²) in [6.07, 6.45) is 7.90. The first kappa shape index (κ1) is 19.4. The van der Waals surface area contributed by atoms with Crippen LogP contribution in [0.1, 0.15) is 61.4 Å². The summed E-state index contributed by atoms with van der Waals surface area (Å²) in [5, 5.41) is 3.14. The molecule has 0 heterocycles. The lowest BCUT2D eigenvalue weighted by Gasteiger charge is -2.59. The fourth-order valence-electron chi connectivity index (χ4n) is 6.26. The molecule has 1 aromatic rings. The SMILES string of the molecule is COCc1ccc(C(=O)OCC(=O)N[C@@H](C)C23CC4CC(CC(C4)C2)C3)cc1. The van der Waals surface area contributed by atoms with Crippen LogP contribution < -0.4 is 5.32 Å². The highest BCUT2D eigenvalue weighted by molar-refractivity contribution is 5.91. The number of hydrogen-bond acceptors (Lipinski definition) is 4. The van der Waals surface area contributed by atoms with E-state index in [-0.39, 0.29) is 24.0 Å². The van der Waals surface area contributed by atoms with Gasteiger partial charge in [0.15, 0.2) is 6.61 Å². The number of ether oxygens (including phenoxy) is 2. The van der Waals surface area contributed by atoms with Crippen molar-refractivity contribution in [2.45, 2.75) is 58.1 Å². The van der Waals surface area contributed by atoms with Gasteiger partial charge >= 0.3 is 5.97 Å². The molecule has 0 spiro atoms. The number of carbonyl (C=O) groups excluding carboxylic acids is 2. The van der Waals surface area contributed by atoms with Gasteiger partial charge in [0, 0.05) is 13.2 Å². The molecule has 5 heteroatoms. The third-order valence-electron chi connectivity index (χ3n) is 7.22. The summed E-state index contributed by atoms with van der Waals surface area (Å²) in [7, 11) is 1.63. The van der Waals surface area contributed by atoms with E-state index in [2.05, 4.69) is 12.2 Å². The first-order valence-electron chi connectivity index (χ1n) is 10.5. The Kier molecular flexibility index (Phi) is 5.46. The molecule has 4 bridgehead atoms. The van der Waals surface area contributed by atoms with Crippen LogP contribution in [-0.2, 0) is 20.9 Å². The van der Waals surface area contributed by atoms with Gasteiger partial charge in [0.2, 0.25) is 0 Å². The molecule has 4 fully saturated rings. The van der Waals surface area contributed by atoms with Crippen molar-refractivity contribution < 1.29 is 19.1 Å². The second-order valence-electron chi connectivity index (χ2n) is 9.28. The van der Waals surface area contributed by atoms with E-state index in [0.29, 0.717) is 12.2 Å². The molecule has 0 aliphatic heterocycles. The van der Waals surface area contributed by atoms with E-state index >= 15 is 0 Å². The predicted octanol–water partition coefficient (Wildman–Crippen LogP) is 3.71. The topological polar surface area (TPSA) is 64.6 Å². The highest BCUT2D eigenvalue weighted by Gasteiger charge is 2.53. The van der Waals surface area contributed by atoms with Crippen LogP contribution in [0, 0.1) is 23.2 Å². The van der Waals surface area contributed by atoms with E-state index in [1.54, 1.807) is 19.2 Å². The van der Waals surface area contributed by atoms with Crippen molar-refractivity contribution in [2.24, 2.45) is 23.2 Å². The summed E-state index contributed by atoms with van der Waals surface area (Å²) in [6, 6.07) is 7.20. The first-order chi connectivity index (χ1) is 13.5. The lowest BCUT2D eigenvalue weighted by Crippen LogP contribution is -2.56. The number of hydrogen-bond donors (Lipinski definition) is 1. The molecule has 28 heavy (non-hydrogen) atoms. The number of esters is 1. The van der Waals surface area contributed by atoms with Crippen molar-refractivity contribution in [3.63, 3.8) is 0 Å².